The van der Waals surface area contributed by atoms with Gasteiger partial charge in [-0.1, -0.05) is 0 Å². The lowest BCUT2D eigenvalue weighted by Crippen LogP contribution is -2.30. The molecule has 0 unspecified atom stereocenters. The largest absolute Gasteiger partial charge is 0.370 e. The minimum atomic E-state index is -0.0434. The van der Waals surface area contributed by atoms with Crippen LogP contribution in [0.25, 0.3) is 0 Å². The number of hydrogen-bond donors (Lipinski definition) is 3. The number of nitrogens with zero attached hydrogens (tertiary/aromatic N) is 2. The average molecular weight is 251 g/mol. The summed E-state index contributed by atoms with van der Waals surface area (Å²) < 4.78 is 0. The summed E-state index contributed by atoms with van der Waals surface area (Å²) in [5.74, 6) is 2.14. The Labute approximate surface area is 108 Å². The van der Waals surface area contributed by atoms with Gasteiger partial charge in [-0.25, -0.2) is 9.97 Å². The third kappa shape index (κ3) is 3.87. The molecule has 0 aliphatic heterocycles. The first-order valence-corrected chi connectivity index (χ1v) is 6.18. The van der Waals surface area contributed by atoms with Gasteiger partial charge in [0, 0.05) is 18.7 Å². The topological polar surface area (TPSA) is 78.9 Å². The molecule has 100 valence electrons. The summed E-state index contributed by atoms with van der Waals surface area (Å²) in [6, 6.07) is 0. The molecule has 1 heterocycles. The summed E-state index contributed by atoms with van der Waals surface area (Å²) >= 11 is 0. The fraction of sp³-hybridized carbons (Fsp3) is 0.583. The van der Waals surface area contributed by atoms with Crippen LogP contribution in [0.2, 0.25) is 0 Å². The standard InChI is InChI=1S/C12H21N5O/c1-5-13-10(18)7-15-12-8(3)11(14-6-2)16-9(4)17-12/h5-7H2,1-4H3,(H,13,18)(H2,14,15,16,17). The maximum Gasteiger partial charge on any atom is 0.239 e. The molecule has 0 saturated heterocycles. The quantitative estimate of drug-likeness (QED) is 0.705. The minimum Gasteiger partial charge on any atom is -0.370 e. The Balaban J connectivity index is 2.78. The zero-order chi connectivity index (χ0) is 13.5. The zero-order valence-corrected chi connectivity index (χ0v) is 11.4. The van der Waals surface area contributed by atoms with Crippen molar-refractivity contribution in [3.63, 3.8) is 0 Å². The molecular formula is C12H21N5O. The predicted molar refractivity (Wildman–Crippen MR) is 72.8 cm³/mol. The van der Waals surface area contributed by atoms with E-state index < -0.39 is 0 Å². The molecule has 1 rings (SSSR count). The van der Waals surface area contributed by atoms with Gasteiger partial charge in [-0.15, -0.1) is 0 Å². The van der Waals surface area contributed by atoms with Crippen LogP contribution in [-0.4, -0.2) is 35.5 Å². The van der Waals surface area contributed by atoms with E-state index in [4.69, 9.17) is 0 Å². The van der Waals surface area contributed by atoms with E-state index in [0.717, 1.165) is 17.9 Å². The highest BCUT2D eigenvalue weighted by Gasteiger charge is 2.09. The van der Waals surface area contributed by atoms with Crippen LogP contribution in [0.15, 0.2) is 0 Å². The molecule has 18 heavy (non-hydrogen) atoms. The maximum absolute atomic E-state index is 11.4. The molecule has 3 N–H and O–H groups in total. The SMILES string of the molecule is CCNC(=O)CNc1nc(C)nc(NCC)c1C. The second-order valence-electron chi connectivity index (χ2n) is 3.93. The lowest BCUT2D eigenvalue weighted by atomic mass is 10.3. The average Bonchev–Trinajstić information content (AvgIpc) is 2.32. The highest BCUT2D eigenvalue weighted by atomic mass is 16.1. The van der Waals surface area contributed by atoms with E-state index in [9.17, 15) is 4.79 Å². The molecule has 0 atom stereocenters. The van der Waals surface area contributed by atoms with E-state index in [2.05, 4.69) is 25.9 Å². The molecule has 0 bridgehead atoms. The molecule has 1 aromatic rings. The van der Waals surface area contributed by atoms with Crippen LogP contribution in [0.5, 0.6) is 0 Å². The summed E-state index contributed by atoms with van der Waals surface area (Å²) in [5, 5.41) is 8.94. The molecule has 0 aliphatic carbocycles. The van der Waals surface area contributed by atoms with Crippen LogP contribution in [0.1, 0.15) is 25.2 Å². The number of anilines is 2. The number of aromatic nitrogens is 2. The van der Waals surface area contributed by atoms with Gasteiger partial charge in [0.25, 0.3) is 0 Å². The van der Waals surface area contributed by atoms with E-state index in [1.54, 1.807) is 0 Å². The van der Waals surface area contributed by atoms with E-state index in [1.807, 2.05) is 27.7 Å². The first-order chi connectivity index (χ1) is 8.58. The molecule has 1 aromatic heterocycles. The van der Waals surface area contributed by atoms with Gasteiger partial charge in [-0.3, -0.25) is 4.79 Å². The van der Waals surface area contributed by atoms with Crippen molar-refractivity contribution < 1.29 is 4.79 Å². The van der Waals surface area contributed by atoms with Crippen LogP contribution in [0, 0.1) is 13.8 Å². The molecule has 0 fully saturated rings. The number of amides is 1. The molecule has 6 nitrogen and oxygen atoms in total. The number of nitrogens with one attached hydrogen (secondary N) is 3. The molecule has 0 radical (unpaired) electrons. The van der Waals surface area contributed by atoms with Crippen molar-refractivity contribution in [2.24, 2.45) is 0 Å². The maximum atomic E-state index is 11.4. The van der Waals surface area contributed by atoms with Gasteiger partial charge in [0.15, 0.2) is 0 Å². The Hall–Kier alpha value is -1.85. The normalized spacial score (nSPS) is 10.0. The van der Waals surface area contributed by atoms with Crippen molar-refractivity contribution in [3.05, 3.63) is 11.4 Å². The Morgan fingerprint density at radius 2 is 1.67 bits per heavy atom. The van der Waals surface area contributed by atoms with E-state index in [1.165, 1.54) is 0 Å². The van der Waals surface area contributed by atoms with Crippen molar-refractivity contribution in [2.75, 3.05) is 30.3 Å². The number of carbonyl (C=O) groups is 1. The van der Waals surface area contributed by atoms with Crippen molar-refractivity contribution in [1.82, 2.24) is 15.3 Å². The number of rotatable bonds is 6. The molecule has 1 amide bonds. The van der Waals surface area contributed by atoms with E-state index >= 15 is 0 Å². The fourth-order valence-corrected chi connectivity index (χ4v) is 1.56. The third-order valence-electron chi connectivity index (χ3n) is 2.39. The molecule has 0 spiro atoms. The zero-order valence-electron chi connectivity index (χ0n) is 11.4. The second kappa shape index (κ2) is 6.78. The smallest absolute Gasteiger partial charge is 0.239 e. The predicted octanol–water partition coefficient (Wildman–Crippen LogP) is 1.07. The van der Waals surface area contributed by atoms with Crippen molar-refractivity contribution in [2.45, 2.75) is 27.7 Å². The lowest BCUT2D eigenvalue weighted by molar-refractivity contribution is -0.119. The van der Waals surface area contributed by atoms with Crippen LogP contribution in [-0.2, 0) is 4.79 Å². The molecule has 0 aliphatic rings. The van der Waals surface area contributed by atoms with Gasteiger partial charge in [-0.05, 0) is 27.7 Å². The fourth-order valence-electron chi connectivity index (χ4n) is 1.56. The summed E-state index contributed by atoms with van der Waals surface area (Å²) in [6.45, 7) is 9.31. The van der Waals surface area contributed by atoms with Gasteiger partial charge in [-0.2, -0.15) is 0 Å². The van der Waals surface area contributed by atoms with Crippen LogP contribution >= 0.6 is 0 Å². The van der Waals surface area contributed by atoms with Crippen molar-refractivity contribution in [1.29, 1.82) is 0 Å². The Morgan fingerprint density at radius 1 is 1.06 bits per heavy atom. The van der Waals surface area contributed by atoms with Crippen LogP contribution in [0.3, 0.4) is 0 Å². The molecule has 0 aromatic carbocycles. The lowest BCUT2D eigenvalue weighted by Gasteiger charge is -2.13. The Morgan fingerprint density at radius 3 is 2.22 bits per heavy atom. The number of likely N-dealkylation sites (N-methyl/N-ethyl adjacent to an activating group) is 1. The highest BCUT2D eigenvalue weighted by molar-refractivity contribution is 5.80. The summed E-state index contributed by atoms with van der Waals surface area (Å²) in [7, 11) is 0. The van der Waals surface area contributed by atoms with Gasteiger partial charge >= 0.3 is 0 Å². The molecule has 6 heteroatoms. The summed E-state index contributed by atoms with van der Waals surface area (Å²) in [5.41, 5.74) is 0.923. The third-order valence-corrected chi connectivity index (χ3v) is 2.39. The van der Waals surface area contributed by atoms with Crippen LogP contribution < -0.4 is 16.0 Å². The van der Waals surface area contributed by atoms with E-state index in [0.29, 0.717) is 18.2 Å². The second-order valence-corrected chi connectivity index (χ2v) is 3.93. The van der Waals surface area contributed by atoms with Crippen molar-refractivity contribution in [3.8, 4) is 0 Å². The van der Waals surface area contributed by atoms with Crippen LogP contribution in [0.4, 0.5) is 11.6 Å². The number of carbonyl (C=O) groups excluding carboxylic acids is 1. The summed E-state index contributed by atoms with van der Waals surface area (Å²) in [6.07, 6.45) is 0. The molecule has 0 saturated carbocycles. The molecular weight excluding hydrogens is 230 g/mol. The van der Waals surface area contributed by atoms with Gasteiger partial charge in [0.05, 0.1) is 6.54 Å². The number of hydrogen-bond acceptors (Lipinski definition) is 5. The highest BCUT2D eigenvalue weighted by Crippen LogP contribution is 2.19. The first-order valence-electron chi connectivity index (χ1n) is 6.18. The Kier molecular flexibility index (Phi) is 5.35. The Bertz CT molecular complexity index is 419. The van der Waals surface area contributed by atoms with Crippen molar-refractivity contribution >= 4 is 17.5 Å². The van der Waals surface area contributed by atoms with Gasteiger partial charge in [0.2, 0.25) is 5.91 Å². The van der Waals surface area contributed by atoms with Gasteiger partial charge in [0.1, 0.15) is 17.5 Å². The number of aryl methyl sites for hydroxylation is 1. The minimum absolute atomic E-state index is 0.0434. The van der Waals surface area contributed by atoms with E-state index in [-0.39, 0.29) is 12.5 Å². The monoisotopic (exact) mass is 251 g/mol. The van der Waals surface area contributed by atoms with Gasteiger partial charge < -0.3 is 16.0 Å². The first kappa shape index (κ1) is 14.2. The summed E-state index contributed by atoms with van der Waals surface area (Å²) in [4.78, 5) is 20.0.